The van der Waals surface area contributed by atoms with Crippen LogP contribution in [0.15, 0.2) is 48.5 Å². The number of alkyl halides is 3. The molecular weight excluding hydrogens is 363 g/mol. The molecule has 0 unspecified atom stereocenters. The van der Waals surface area contributed by atoms with Gasteiger partial charge >= 0.3 is 12.2 Å². The topological polar surface area (TPSA) is 45.2 Å². The molecule has 0 fully saturated rings. The van der Waals surface area contributed by atoms with Gasteiger partial charge < -0.3 is 10.2 Å². The highest BCUT2D eigenvalue weighted by molar-refractivity contribution is 7.18. The van der Waals surface area contributed by atoms with Crippen LogP contribution in [-0.2, 0) is 19.3 Å². The number of amides is 2. The lowest BCUT2D eigenvalue weighted by atomic mass is 10.1. The molecule has 0 aliphatic carbocycles. The average Bonchev–Trinajstić information content (AvgIpc) is 3.02. The van der Waals surface area contributed by atoms with Crippen LogP contribution in [0.2, 0.25) is 0 Å². The summed E-state index contributed by atoms with van der Waals surface area (Å²) < 4.78 is 38.8. The zero-order valence-electron chi connectivity index (χ0n) is 13.9. The Labute approximate surface area is 152 Å². The number of para-hydroxylation sites is 1. The predicted octanol–water partition coefficient (Wildman–Crippen LogP) is 4.66. The van der Waals surface area contributed by atoms with Crippen LogP contribution in [0.4, 0.5) is 18.0 Å². The molecule has 0 aliphatic rings. The third-order valence-corrected chi connectivity index (χ3v) is 4.81. The Morgan fingerprint density at radius 3 is 2.50 bits per heavy atom. The Kier molecular flexibility index (Phi) is 5.13. The van der Waals surface area contributed by atoms with E-state index < -0.39 is 11.7 Å². The molecule has 1 aromatic heterocycles. The quantitative estimate of drug-likeness (QED) is 0.717. The first kappa shape index (κ1) is 18.2. The summed E-state index contributed by atoms with van der Waals surface area (Å²) in [7, 11) is 1.59. The van der Waals surface area contributed by atoms with Gasteiger partial charge in [0.15, 0.2) is 0 Å². The second-order valence-corrected chi connectivity index (χ2v) is 6.90. The smallest absolute Gasteiger partial charge is 0.331 e. The zero-order chi connectivity index (χ0) is 18.7. The monoisotopic (exact) mass is 379 g/mol. The molecule has 0 saturated carbocycles. The lowest BCUT2D eigenvalue weighted by molar-refractivity contribution is -0.137. The molecule has 0 aliphatic heterocycles. The average molecular weight is 379 g/mol. The SMILES string of the molecule is CN(Cc1ccc(C(F)(F)F)cc1)C(=O)NCc1nc2ccccc2s1. The van der Waals surface area contributed by atoms with Crippen LogP contribution in [0, 0.1) is 0 Å². The van der Waals surface area contributed by atoms with E-state index in [2.05, 4.69) is 10.3 Å². The number of hydrogen-bond donors (Lipinski definition) is 1. The molecule has 0 saturated heterocycles. The second kappa shape index (κ2) is 7.33. The Balaban J connectivity index is 1.55. The Morgan fingerprint density at radius 2 is 1.85 bits per heavy atom. The van der Waals surface area contributed by atoms with Gasteiger partial charge in [-0.05, 0) is 29.8 Å². The summed E-state index contributed by atoms with van der Waals surface area (Å²) in [5.41, 5.74) is 0.805. The van der Waals surface area contributed by atoms with Gasteiger partial charge in [0.1, 0.15) is 5.01 Å². The van der Waals surface area contributed by atoms with Gasteiger partial charge in [0.2, 0.25) is 0 Å². The van der Waals surface area contributed by atoms with Gasteiger partial charge in [-0.15, -0.1) is 11.3 Å². The first-order valence-corrected chi connectivity index (χ1v) is 8.64. The number of nitrogens with zero attached hydrogens (tertiary/aromatic N) is 2. The Bertz CT molecular complexity index is 873. The summed E-state index contributed by atoms with van der Waals surface area (Å²) in [6.07, 6.45) is -4.36. The molecule has 0 bridgehead atoms. The third kappa shape index (κ3) is 4.32. The van der Waals surface area contributed by atoms with Gasteiger partial charge in [-0.2, -0.15) is 13.2 Å². The summed E-state index contributed by atoms with van der Waals surface area (Å²) >= 11 is 1.51. The lowest BCUT2D eigenvalue weighted by Gasteiger charge is -2.18. The maximum absolute atomic E-state index is 12.6. The standard InChI is InChI=1S/C18H16F3N3OS/c1-24(11-12-6-8-13(9-7-12)18(19,20)21)17(25)22-10-16-23-14-4-2-3-5-15(14)26-16/h2-9H,10-11H2,1H3,(H,22,25). The van der Waals surface area contributed by atoms with Crippen molar-refractivity contribution in [3.05, 3.63) is 64.7 Å². The Hall–Kier alpha value is -2.61. The highest BCUT2D eigenvalue weighted by Crippen LogP contribution is 2.29. The van der Waals surface area contributed by atoms with E-state index in [4.69, 9.17) is 0 Å². The van der Waals surface area contributed by atoms with Gasteiger partial charge in [-0.3, -0.25) is 0 Å². The summed E-state index contributed by atoms with van der Waals surface area (Å²) in [6.45, 7) is 0.513. The van der Waals surface area contributed by atoms with Crippen LogP contribution in [0.5, 0.6) is 0 Å². The number of carbonyl (C=O) groups excluding carboxylic acids is 1. The maximum atomic E-state index is 12.6. The van der Waals surface area contributed by atoms with Crippen molar-refractivity contribution >= 4 is 27.6 Å². The number of halogens is 3. The number of aromatic nitrogens is 1. The summed E-state index contributed by atoms with van der Waals surface area (Å²) in [6, 6.07) is 12.2. The molecule has 8 heteroatoms. The maximum Gasteiger partial charge on any atom is 0.416 e. The fourth-order valence-electron chi connectivity index (χ4n) is 2.43. The molecular formula is C18H16F3N3OS. The largest absolute Gasteiger partial charge is 0.416 e. The summed E-state index contributed by atoms with van der Waals surface area (Å²) in [5, 5.41) is 3.56. The number of benzene rings is 2. The summed E-state index contributed by atoms with van der Waals surface area (Å²) in [4.78, 5) is 18.0. The van der Waals surface area contributed by atoms with Gasteiger partial charge in [0.25, 0.3) is 0 Å². The van der Waals surface area contributed by atoms with Crippen LogP contribution in [0.1, 0.15) is 16.1 Å². The van der Waals surface area contributed by atoms with E-state index in [-0.39, 0.29) is 12.6 Å². The normalized spacial score (nSPS) is 11.5. The van der Waals surface area contributed by atoms with Crippen LogP contribution in [0.3, 0.4) is 0 Å². The van der Waals surface area contributed by atoms with E-state index in [1.165, 1.54) is 28.4 Å². The fourth-order valence-corrected chi connectivity index (χ4v) is 3.33. The number of carbonyl (C=O) groups is 1. The van der Waals surface area contributed by atoms with Crippen LogP contribution in [0.25, 0.3) is 10.2 Å². The number of fused-ring (bicyclic) bond motifs is 1. The first-order valence-electron chi connectivity index (χ1n) is 7.82. The number of nitrogens with one attached hydrogen (secondary N) is 1. The molecule has 3 rings (SSSR count). The van der Waals surface area contributed by atoms with E-state index in [1.807, 2.05) is 24.3 Å². The molecule has 4 nitrogen and oxygen atoms in total. The van der Waals surface area contributed by atoms with Gasteiger partial charge in [-0.1, -0.05) is 24.3 Å². The van der Waals surface area contributed by atoms with Gasteiger partial charge in [0, 0.05) is 13.6 Å². The van der Waals surface area contributed by atoms with Crippen molar-refractivity contribution in [1.29, 1.82) is 0 Å². The van der Waals surface area contributed by atoms with Gasteiger partial charge in [-0.25, -0.2) is 9.78 Å². The van der Waals surface area contributed by atoms with Crippen molar-refractivity contribution in [1.82, 2.24) is 15.2 Å². The molecule has 1 heterocycles. The minimum Gasteiger partial charge on any atom is -0.331 e. The minimum atomic E-state index is -4.36. The van der Waals surface area contributed by atoms with Crippen molar-refractivity contribution in [2.45, 2.75) is 19.3 Å². The Morgan fingerprint density at radius 1 is 1.15 bits per heavy atom. The molecule has 2 amide bonds. The molecule has 2 aromatic carbocycles. The molecule has 0 atom stereocenters. The van der Waals surface area contributed by atoms with Crippen molar-refractivity contribution < 1.29 is 18.0 Å². The van der Waals surface area contributed by atoms with Crippen molar-refractivity contribution in [2.75, 3.05) is 7.05 Å². The number of hydrogen-bond acceptors (Lipinski definition) is 3. The van der Waals surface area contributed by atoms with E-state index >= 15 is 0 Å². The fraction of sp³-hybridized carbons (Fsp3) is 0.222. The van der Waals surface area contributed by atoms with E-state index in [9.17, 15) is 18.0 Å². The van der Waals surface area contributed by atoms with Crippen LogP contribution < -0.4 is 5.32 Å². The lowest BCUT2D eigenvalue weighted by Crippen LogP contribution is -2.36. The molecule has 0 spiro atoms. The minimum absolute atomic E-state index is 0.212. The van der Waals surface area contributed by atoms with Crippen LogP contribution in [-0.4, -0.2) is 23.0 Å². The highest BCUT2D eigenvalue weighted by Gasteiger charge is 2.29. The predicted molar refractivity (Wildman–Crippen MR) is 94.8 cm³/mol. The van der Waals surface area contributed by atoms with Crippen molar-refractivity contribution in [2.24, 2.45) is 0 Å². The molecule has 136 valence electrons. The number of urea groups is 1. The number of thiazole rings is 1. The highest BCUT2D eigenvalue weighted by atomic mass is 32.1. The second-order valence-electron chi connectivity index (χ2n) is 5.78. The van der Waals surface area contributed by atoms with Crippen molar-refractivity contribution in [3.63, 3.8) is 0 Å². The molecule has 3 aromatic rings. The molecule has 0 radical (unpaired) electrons. The van der Waals surface area contributed by atoms with E-state index in [0.29, 0.717) is 12.1 Å². The van der Waals surface area contributed by atoms with E-state index in [1.54, 1.807) is 7.05 Å². The third-order valence-electron chi connectivity index (χ3n) is 3.78. The van der Waals surface area contributed by atoms with Gasteiger partial charge in [0.05, 0.1) is 22.3 Å². The van der Waals surface area contributed by atoms with Crippen molar-refractivity contribution in [3.8, 4) is 0 Å². The zero-order valence-corrected chi connectivity index (χ0v) is 14.7. The molecule has 1 N–H and O–H groups in total. The van der Waals surface area contributed by atoms with Crippen LogP contribution >= 0.6 is 11.3 Å². The van der Waals surface area contributed by atoms with E-state index in [0.717, 1.165) is 27.4 Å². The number of rotatable bonds is 4. The molecule has 26 heavy (non-hydrogen) atoms. The first-order chi connectivity index (χ1) is 12.3. The summed E-state index contributed by atoms with van der Waals surface area (Å²) in [5.74, 6) is 0.